The van der Waals surface area contributed by atoms with Gasteiger partial charge in [0.2, 0.25) is 0 Å². The number of rotatable bonds is 4. The van der Waals surface area contributed by atoms with Crippen LogP contribution in [-0.4, -0.2) is 21.0 Å². The van der Waals surface area contributed by atoms with E-state index in [-0.39, 0.29) is 24.1 Å². The van der Waals surface area contributed by atoms with Crippen LogP contribution in [0.5, 0.6) is 0 Å². The van der Waals surface area contributed by atoms with Crippen molar-refractivity contribution in [3.8, 4) is 11.3 Å². The van der Waals surface area contributed by atoms with Gasteiger partial charge in [0.1, 0.15) is 17.5 Å². The van der Waals surface area contributed by atoms with Crippen molar-refractivity contribution in [3.05, 3.63) is 47.4 Å². The molecular formula is C14H12F2N2O2. The number of benzene rings is 1. The summed E-state index contributed by atoms with van der Waals surface area (Å²) in [5, 5.41) is 8.71. The van der Waals surface area contributed by atoms with E-state index in [0.29, 0.717) is 11.4 Å². The highest BCUT2D eigenvalue weighted by Gasteiger charge is 2.14. The highest BCUT2D eigenvalue weighted by atomic mass is 19.1. The molecule has 20 heavy (non-hydrogen) atoms. The summed E-state index contributed by atoms with van der Waals surface area (Å²) in [5.41, 5.74) is 0.717. The Labute approximate surface area is 114 Å². The lowest BCUT2D eigenvalue weighted by Crippen LogP contribution is -2.03. The van der Waals surface area contributed by atoms with Crippen LogP contribution in [0.3, 0.4) is 0 Å². The molecule has 0 spiro atoms. The molecular weight excluding hydrogens is 266 g/mol. The summed E-state index contributed by atoms with van der Waals surface area (Å²) in [6, 6.07) is 3.08. The maximum absolute atomic E-state index is 13.8. The van der Waals surface area contributed by atoms with Crippen molar-refractivity contribution in [2.75, 3.05) is 0 Å². The Morgan fingerprint density at radius 3 is 2.80 bits per heavy atom. The van der Waals surface area contributed by atoms with Gasteiger partial charge < -0.3 is 5.11 Å². The topological polar surface area (TPSA) is 63.1 Å². The minimum absolute atomic E-state index is 0.0101. The van der Waals surface area contributed by atoms with Crippen LogP contribution in [0.25, 0.3) is 11.3 Å². The van der Waals surface area contributed by atoms with Crippen molar-refractivity contribution in [1.82, 2.24) is 9.97 Å². The third-order valence-corrected chi connectivity index (χ3v) is 2.78. The molecule has 104 valence electrons. The average molecular weight is 278 g/mol. The standard InChI is InChI=1S/C14H12F2N2O2/c1-8-17-7-9(2-5-13(19)20)14(18-8)11-6-10(15)3-4-12(11)16/h3-4,6-7H,2,5H2,1H3,(H,19,20). The Bertz CT molecular complexity index is 660. The molecule has 0 amide bonds. The summed E-state index contributed by atoms with van der Waals surface area (Å²) in [6.45, 7) is 1.63. The fourth-order valence-corrected chi connectivity index (χ4v) is 1.83. The summed E-state index contributed by atoms with van der Waals surface area (Å²) in [4.78, 5) is 18.7. The van der Waals surface area contributed by atoms with E-state index < -0.39 is 17.6 Å². The Morgan fingerprint density at radius 2 is 2.10 bits per heavy atom. The molecule has 4 nitrogen and oxygen atoms in total. The van der Waals surface area contributed by atoms with Crippen LogP contribution in [0.4, 0.5) is 8.78 Å². The summed E-state index contributed by atoms with van der Waals surface area (Å²) in [6.07, 6.45) is 1.47. The molecule has 0 bridgehead atoms. The van der Waals surface area contributed by atoms with Crippen LogP contribution in [0.2, 0.25) is 0 Å². The van der Waals surface area contributed by atoms with E-state index in [9.17, 15) is 13.6 Å². The Balaban J connectivity index is 2.50. The van der Waals surface area contributed by atoms with E-state index in [2.05, 4.69) is 9.97 Å². The second kappa shape index (κ2) is 5.73. The zero-order valence-electron chi connectivity index (χ0n) is 10.7. The molecule has 1 N–H and O–H groups in total. The van der Waals surface area contributed by atoms with Gasteiger partial charge >= 0.3 is 5.97 Å². The second-order valence-electron chi connectivity index (χ2n) is 4.31. The first kappa shape index (κ1) is 14.0. The largest absolute Gasteiger partial charge is 0.481 e. The van der Waals surface area contributed by atoms with E-state index in [0.717, 1.165) is 18.2 Å². The molecule has 1 aromatic heterocycles. The average Bonchev–Trinajstić information content (AvgIpc) is 2.40. The molecule has 2 rings (SSSR count). The molecule has 0 saturated heterocycles. The molecule has 0 aliphatic heterocycles. The predicted octanol–water partition coefficient (Wildman–Crippen LogP) is 2.75. The van der Waals surface area contributed by atoms with Gasteiger partial charge in [-0.3, -0.25) is 4.79 Å². The number of carbonyl (C=O) groups is 1. The van der Waals surface area contributed by atoms with Gasteiger partial charge in [-0.05, 0) is 37.1 Å². The molecule has 6 heteroatoms. The minimum atomic E-state index is -0.976. The molecule has 0 fully saturated rings. The summed E-state index contributed by atoms with van der Waals surface area (Å²) in [7, 11) is 0. The lowest BCUT2D eigenvalue weighted by atomic mass is 10.0. The quantitative estimate of drug-likeness (QED) is 0.934. The Morgan fingerprint density at radius 1 is 1.35 bits per heavy atom. The number of aryl methyl sites for hydroxylation is 2. The zero-order chi connectivity index (χ0) is 14.7. The van der Waals surface area contributed by atoms with Crippen molar-refractivity contribution in [2.24, 2.45) is 0 Å². The Kier molecular flexibility index (Phi) is 4.02. The van der Waals surface area contributed by atoms with Crippen LogP contribution in [0.15, 0.2) is 24.4 Å². The summed E-state index contributed by atoms with van der Waals surface area (Å²) < 4.78 is 27.1. The van der Waals surface area contributed by atoms with Crippen LogP contribution >= 0.6 is 0 Å². The minimum Gasteiger partial charge on any atom is -0.481 e. The lowest BCUT2D eigenvalue weighted by molar-refractivity contribution is -0.136. The first-order valence-corrected chi connectivity index (χ1v) is 5.97. The SMILES string of the molecule is Cc1ncc(CCC(=O)O)c(-c2cc(F)ccc2F)n1. The number of nitrogens with zero attached hydrogens (tertiary/aromatic N) is 2. The molecule has 0 atom stereocenters. The van der Waals surface area contributed by atoms with Crippen LogP contribution < -0.4 is 0 Å². The first-order chi connectivity index (χ1) is 9.47. The van der Waals surface area contributed by atoms with Gasteiger partial charge in [0, 0.05) is 18.2 Å². The molecule has 0 radical (unpaired) electrons. The van der Waals surface area contributed by atoms with Gasteiger partial charge in [-0.1, -0.05) is 0 Å². The number of aromatic nitrogens is 2. The summed E-state index contributed by atoms with van der Waals surface area (Å²) >= 11 is 0. The number of halogens is 2. The zero-order valence-corrected chi connectivity index (χ0v) is 10.7. The fraction of sp³-hybridized carbons (Fsp3) is 0.214. The molecule has 0 aliphatic rings. The summed E-state index contributed by atoms with van der Waals surface area (Å²) in [5.74, 6) is -1.76. The monoisotopic (exact) mass is 278 g/mol. The van der Waals surface area contributed by atoms with Crippen molar-refractivity contribution in [3.63, 3.8) is 0 Å². The highest BCUT2D eigenvalue weighted by molar-refractivity contribution is 5.69. The number of hydrogen-bond acceptors (Lipinski definition) is 3. The normalized spacial score (nSPS) is 10.6. The first-order valence-electron chi connectivity index (χ1n) is 5.97. The van der Waals surface area contributed by atoms with Crippen molar-refractivity contribution in [2.45, 2.75) is 19.8 Å². The van der Waals surface area contributed by atoms with Gasteiger partial charge in [0.25, 0.3) is 0 Å². The number of carboxylic acid groups (broad SMARTS) is 1. The number of aliphatic carboxylic acids is 1. The highest BCUT2D eigenvalue weighted by Crippen LogP contribution is 2.26. The van der Waals surface area contributed by atoms with E-state index >= 15 is 0 Å². The predicted molar refractivity (Wildman–Crippen MR) is 68.1 cm³/mol. The van der Waals surface area contributed by atoms with E-state index in [4.69, 9.17) is 5.11 Å². The van der Waals surface area contributed by atoms with Crippen LogP contribution in [-0.2, 0) is 11.2 Å². The van der Waals surface area contributed by atoms with Gasteiger partial charge in [-0.2, -0.15) is 0 Å². The maximum atomic E-state index is 13.8. The fourth-order valence-electron chi connectivity index (χ4n) is 1.83. The molecule has 1 heterocycles. The van der Waals surface area contributed by atoms with Gasteiger partial charge in [-0.25, -0.2) is 18.7 Å². The van der Waals surface area contributed by atoms with Gasteiger partial charge in [-0.15, -0.1) is 0 Å². The lowest BCUT2D eigenvalue weighted by Gasteiger charge is -2.09. The molecule has 2 aromatic rings. The molecule has 0 aliphatic carbocycles. The van der Waals surface area contributed by atoms with Crippen LogP contribution in [0, 0.1) is 18.6 Å². The molecule has 0 saturated carbocycles. The van der Waals surface area contributed by atoms with Crippen molar-refractivity contribution >= 4 is 5.97 Å². The van der Waals surface area contributed by atoms with Crippen LogP contribution in [0.1, 0.15) is 17.8 Å². The van der Waals surface area contributed by atoms with E-state index in [1.807, 2.05) is 0 Å². The van der Waals surface area contributed by atoms with Crippen molar-refractivity contribution < 1.29 is 18.7 Å². The van der Waals surface area contributed by atoms with E-state index in [1.165, 1.54) is 6.20 Å². The smallest absolute Gasteiger partial charge is 0.303 e. The van der Waals surface area contributed by atoms with Gasteiger partial charge in [0.05, 0.1) is 5.69 Å². The Hall–Kier alpha value is -2.37. The number of carboxylic acids is 1. The van der Waals surface area contributed by atoms with Crippen molar-refractivity contribution in [1.29, 1.82) is 0 Å². The third-order valence-electron chi connectivity index (χ3n) is 2.78. The maximum Gasteiger partial charge on any atom is 0.303 e. The van der Waals surface area contributed by atoms with E-state index in [1.54, 1.807) is 6.92 Å². The third kappa shape index (κ3) is 3.14. The second-order valence-corrected chi connectivity index (χ2v) is 4.31. The van der Waals surface area contributed by atoms with Gasteiger partial charge in [0.15, 0.2) is 0 Å². The number of hydrogen-bond donors (Lipinski definition) is 1. The molecule has 0 unspecified atom stereocenters. The molecule has 1 aromatic carbocycles.